The summed E-state index contributed by atoms with van der Waals surface area (Å²) in [5.74, 6) is -1.29. The number of aliphatic hydroxyl groups is 1. The number of amides is 1. The van der Waals surface area contributed by atoms with Crippen molar-refractivity contribution in [3.63, 3.8) is 0 Å². The molecule has 1 amide bonds. The number of rotatable bonds is 7. The number of hydrogen-bond acceptors (Lipinski definition) is 4. The molecule has 18 heavy (non-hydrogen) atoms. The Morgan fingerprint density at radius 2 is 2.06 bits per heavy atom. The van der Waals surface area contributed by atoms with Gasteiger partial charge in [0.15, 0.2) is 0 Å². The lowest BCUT2D eigenvalue weighted by Crippen LogP contribution is -2.24. The normalized spacial score (nSPS) is 12.1. The van der Waals surface area contributed by atoms with Gasteiger partial charge in [0.1, 0.15) is 4.88 Å². The van der Waals surface area contributed by atoms with E-state index in [0.29, 0.717) is 30.7 Å². The molecule has 0 saturated carbocycles. The molecule has 5 nitrogen and oxygen atoms in total. The van der Waals surface area contributed by atoms with Gasteiger partial charge in [-0.2, -0.15) is 0 Å². The Morgan fingerprint density at radius 1 is 1.39 bits per heavy atom. The van der Waals surface area contributed by atoms with E-state index in [1.807, 2.05) is 6.92 Å². The van der Waals surface area contributed by atoms with Crippen molar-refractivity contribution in [1.82, 2.24) is 5.32 Å². The lowest BCUT2D eigenvalue weighted by Gasteiger charge is -2.07. The predicted octanol–water partition coefficient (Wildman–Crippen LogP) is 1.73. The second-order valence-electron chi connectivity index (χ2n) is 3.93. The van der Waals surface area contributed by atoms with Crippen LogP contribution in [0.2, 0.25) is 0 Å². The van der Waals surface area contributed by atoms with Crippen LogP contribution >= 0.6 is 11.3 Å². The largest absolute Gasteiger partial charge is 0.477 e. The Bertz CT molecular complexity index is 416. The molecule has 0 bridgehead atoms. The summed E-state index contributed by atoms with van der Waals surface area (Å²) in [6.45, 7) is 2.39. The molecule has 1 aromatic rings. The van der Waals surface area contributed by atoms with E-state index in [1.165, 1.54) is 12.1 Å². The molecular weight excluding hydrogens is 254 g/mol. The Balaban J connectivity index is 2.34. The molecule has 0 aromatic carbocycles. The van der Waals surface area contributed by atoms with Crippen molar-refractivity contribution in [3.8, 4) is 0 Å². The number of carboxylic acid groups (broad SMARTS) is 1. The SMILES string of the molecule is CCC(O)CCCNC(=O)c1ccc(C(=O)O)s1. The number of nitrogens with one attached hydrogen (secondary N) is 1. The minimum Gasteiger partial charge on any atom is -0.477 e. The second-order valence-corrected chi connectivity index (χ2v) is 5.01. The highest BCUT2D eigenvalue weighted by atomic mass is 32.1. The van der Waals surface area contributed by atoms with Gasteiger partial charge in [-0.1, -0.05) is 6.92 Å². The number of carbonyl (C=O) groups excluding carboxylic acids is 1. The molecule has 0 radical (unpaired) electrons. The van der Waals surface area contributed by atoms with Crippen molar-refractivity contribution in [2.75, 3.05) is 6.54 Å². The molecule has 3 N–H and O–H groups in total. The molecule has 1 unspecified atom stereocenters. The van der Waals surface area contributed by atoms with Gasteiger partial charge in [-0.15, -0.1) is 11.3 Å². The van der Waals surface area contributed by atoms with Gasteiger partial charge in [0, 0.05) is 6.54 Å². The van der Waals surface area contributed by atoms with Crippen LogP contribution in [0.3, 0.4) is 0 Å². The van der Waals surface area contributed by atoms with Gasteiger partial charge in [-0.05, 0) is 31.4 Å². The van der Waals surface area contributed by atoms with Crippen LogP contribution in [-0.4, -0.2) is 34.7 Å². The molecule has 0 saturated heterocycles. The zero-order valence-electron chi connectivity index (χ0n) is 10.2. The first kappa shape index (κ1) is 14.7. The van der Waals surface area contributed by atoms with Crippen molar-refractivity contribution in [1.29, 1.82) is 0 Å². The maximum Gasteiger partial charge on any atom is 0.345 e. The molecule has 0 fully saturated rings. The minimum absolute atomic E-state index is 0.154. The lowest BCUT2D eigenvalue weighted by atomic mass is 10.1. The summed E-state index contributed by atoms with van der Waals surface area (Å²) in [7, 11) is 0. The summed E-state index contributed by atoms with van der Waals surface area (Å²) in [5.41, 5.74) is 0. The smallest absolute Gasteiger partial charge is 0.345 e. The average Bonchev–Trinajstić information content (AvgIpc) is 2.83. The fraction of sp³-hybridized carbons (Fsp3) is 0.500. The van der Waals surface area contributed by atoms with Crippen molar-refractivity contribution in [2.45, 2.75) is 32.3 Å². The van der Waals surface area contributed by atoms with Gasteiger partial charge in [0.05, 0.1) is 11.0 Å². The van der Waals surface area contributed by atoms with Crippen LogP contribution in [0.15, 0.2) is 12.1 Å². The van der Waals surface area contributed by atoms with Crippen LogP contribution in [0.25, 0.3) is 0 Å². The van der Waals surface area contributed by atoms with E-state index in [-0.39, 0.29) is 16.9 Å². The van der Waals surface area contributed by atoms with Gasteiger partial charge < -0.3 is 15.5 Å². The lowest BCUT2D eigenvalue weighted by molar-refractivity contribution is 0.0702. The van der Waals surface area contributed by atoms with Crippen LogP contribution in [0.1, 0.15) is 45.5 Å². The molecule has 1 rings (SSSR count). The van der Waals surface area contributed by atoms with Crippen LogP contribution in [-0.2, 0) is 0 Å². The fourth-order valence-electron chi connectivity index (χ4n) is 1.41. The van der Waals surface area contributed by atoms with E-state index in [9.17, 15) is 14.7 Å². The predicted molar refractivity (Wildman–Crippen MR) is 69.1 cm³/mol. The maximum atomic E-state index is 11.6. The summed E-state index contributed by atoms with van der Waals surface area (Å²) in [6, 6.07) is 2.92. The first-order valence-electron chi connectivity index (χ1n) is 5.84. The molecule has 1 atom stereocenters. The van der Waals surface area contributed by atoms with Gasteiger partial charge in [0.25, 0.3) is 5.91 Å². The van der Waals surface area contributed by atoms with Crippen LogP contribution < -0.4 is 5.32 Å². The summed E-state index contributed by atoms with van der Waals surface area (Å²) >= 11 is 0.957. The number of hydrogen-bond donors (Lipinski definition) is 3. The van der Waals surface area contributed by atoms with E-state index < -0.39 is 5.97 Å². The number of carboxylic acids is 1. The molecule has 0 aliphatic carbocycles. The standard InChI is InChI=1S/C12H17NO4S/c1-2-8(14)4-3-7-13-11(15)9-5-6-10(18-9)12(16)17/h5-6,8,14H,2-4,7H2,1H3,(H,13,15)(H,16,17). The third kappa shape index (κ3) is 4.46. The number of carbonyl (C=O) groups is 2. The Labute approximate surface area is 109 Å². The van der Waals surface area contributed by atoms with Crippen LogP contribution in [0, 0.1) is 0 Å². The molecular formula is C12H17NO4S. The highest BCUT2D eigenvalue weighted by molar-refractivity contribution is 7.15. The number of thiophene rings is 1. The minimum atomic E-state index is -1.02. The Kier molecular flexibility index (Phi) is 5.80. The van der Waals surface area contributed by atoms with E-state index in [0.717, 1.165) is 11.3 Å². The van der Waals surface area contributed by atoms with E-state index in [1.54, 1.807) is 0 Å². The third-order valence-corrected chi connectivity index (χ3v) is 3.58. The first-order valence-corrected chi connectivity index (χ1v) is 6.65. The summed E-state index contributed by atoms with van der Waals surface area (Å²) in [5, 5.41) is 20.8. The van der Waals surface area contributed by atoms with E-state index in [4.69, 9.17) is 5.11 Å². The molecule has 100 valence electrons. The fourth-order valence-corrected chi connectivity index (χ4v) is 2.17. The van der Waals surface area contributed by atoms with E-state index >= 15 is 0 Å². The molecule has 1 heterocycles. The first-order chi connectivity index (χ1) is 8.54. The summed E-state index contributed by atoms with van der Waals surface area (Å²) in [6.07, 6.45) is 1.75. The Hall–Kier alpha value is -1.40. The van der Waals surface area contributed by atoms with Crippen LogP contribution in [0.4, 0.5) is 0 Å². The van der Waals surface area contributed by atoms with Gasteiger partial charge in [-0.3, -0.25) is 4.79 Å². The highest BCUT2D eigenvalue weighted by Gasteiger charge is 2.12. The van der Waals surface area contributed by atoms with Gasteiger partial charge in [0.2, 0.25) is 0 Å². The molecule has 1 aromatic heterocycles. The zero-order chi connectivity index (χ0) is 13.5. The monoisotopic (exact) mass is 271 g/mol. The topological polar surface area (TPSA) is 86.6 Å². The van der Waals surface area contributed by atoms with Crippen molar-refractivity contribution in [2.24, 2.45) is 0 Å². The van der Waals surface area contributed by atoms with Gasteiger partial charge >= 0.3 is 5.97 Å². The highest BCUT2D eigenvalue weighted by Crippen LogP contribution is 2.16. The molecule has 0 spiro atoms. The third-order valence-electron chi connectivity index (χ3n) is 2.51. The van der Waals surface area contributed by atoms with E-state index in [2.05, 4.69) is 5.32 Å². The van der Waals surface area contributed by atoms with Crippen molar-refractivity contribution in [3.05, 3.63) is 21.9 Å². The van der Waals surface area contributed by atoms with Crippen molar-refractivity contribution < 1.29 is 19.8 Å². The number of aromatic carboxylic acids is 1. The molecule has 0 aliphatic heterocycles. The molecule has 0 aliphatic rings. The average molecular weight is 271 g/mol. The summed E-state index contributed by atoms with van der Waals surface area (Å²) in [4.78, 5) is 22.8. The van der Waals surface area contributed by atoms with Crippen molar-refractivity contribution >= 4 is 23.2 Å². The molecule has 6 heteroatoms. The Morgan fingerprint density at radius 3 is 2.61 bits per heavy atom. The number of aliphatic hydroxyl groups excluding tert-OH is 1. The summed E-state index contributed by atoms with van der Waals surface area (Å²) < 4.78 is 0. The van der Waals surface area contributed by atoms with Crippen LogP contribution in [0.5, 0.6) is 0 Å². The quantitative estimate of drug-likeness (QED) is 0.659. The maximum absolute atomic E-state index is 11.6. The zero-order valence-corrected chi connectivity index (χ0v) is 11.0. The second kappa shape index (κ2) is 7.13. The van der Waals surface area contributed by atoms with Gasteiger partial charge in [-0.25, -0.2) is 4.79 Å².